The van der Waals surface area contributed by atoms with E-state index in [2.05, 4.69) is 4.98 Å². The van der Waals surface area contributed by atoms with Crippen molar-refractivity contribution in [3.05, 3.63) is 35.5 Å². The van der Waals surface area contributed by atoms with Crippen LogP contribution in [0.1, 0.15) is 13.8 Å². The Morgan fingerprint density at radius 2 is 1.00 bits per heavy atom. The largest absolute Gasteiger partial charge is 0.673 e. The highest BCUT2D eigenvalue weighted by molar-refractivity contribution is 6.50. The fraction of sp³-hybridized carbons (Fsp3) is 0.200. The number of fused-ring (bicyclic) bond motifs is 1. The molecule has 0 atom stereocenters. The van der Waals surface area contributed by atoms with Crippen molar-refractivity contribution in [3.63, 3.8) is 0 Å². The van der Waals surface area contributed by atoms with Gasteiger partial charge in [0.2, 0.25) is 0 Å². The molecule has 4 N–H and O–H groups in total. The van der Waals surface area contributed by atoms with Crippen LogP contribution < -0.4 is 6.15 Å². The third-order valence-corrected chi connectivity index (χ3v) is 1.87. The molecule has 0 aliphatic heterocycles. The van der Waals surface area contributed by atoms with Gasteiger partial charge in [0.05, 0.1) is 0 Å². The standard InChI is InChI=1S/C8H6ClN.C2H6.3BF4.H3N/c9-7-2-1-3-8-6(7)4-5-10-8;1-2;3*2-1(3,4)5;/h1-5,10H;1-2H3;;;;1H3/q;;3*-1;. The molecule has 0 saturated carbocycles. The predicted molar refractivity (Wildman–Crippen MR) is 90.2 cm³/mol. The van der Waals surface area contributed by atoms with Gasteiger partial charge in [0.25, 0.3) is 0 Å². The first-order chi connectivity index (χ1) is 11.9. The fourth-order valence-corrected chi connectivity index (χ4v) is 1.28. The zero-order valence-corrected chi connectivity index (χ0v) is 15.0. The summed E-state index contributed by atoms with van der Waals surface area (Å²) in [6.45, 7) is 4.00. The summed E-state index contributed by atoms with van der Waals surface area (Å²) >= 11 is 5.88. The van der Waals surface area contributed by atoms with Crippen molar-refractivity contribution in [2.45, 2.75) is 13.8 Å². The molecule has 2 aromatic rings. The Labute approximate surface area is 157 Å². The minimum Gasteiger partial charge on any atom is -0.418 e. The molecule has 0 spiro atoms. The van der Waals surface area contributed by atoms with Crippen LogP contribution in [-0.4, -0.2) is 26.7 Å². The fourth-order valence-electron chi connectivity index (χ4n) is 1.05. The van der Waals surface area contributed by atoms with E-state index >= 15 is 0 Å². The van der Waals surface area contributed by atoms with E-state index in [4.69, 9.17) is 11.6 Å². The number of hydrogen-bond acceptors (Lipinski definition) is 1. The Morgan fingerprint density at radius 3 is 1.29 bits per heavy atom. The first-order valence-corrected chi connectivity index (χ1v) is 7.09. The van der Waals surface area contributed by atoms with Crippen molar-refractivity contribution < 1.29 is 51.8 Å². The second-order valence-corrected chi connectivity index (χ2v) is 4.07. The average Bonchev–Trinajstić information content (AvgIpc) is 2.85. The monoisotopic (exact) mass is 459 g/mol. The van der Waals surface area contributed by atoms with Gasteiger partial charge in [-0.25, -0.2) is 0 Å². The van der Waals surface area contributed by atoms with E-state index in [0.717, 1.165) is 15.9 Å². The summed E-state index contributed by atoms with van der Waals surface area (Å²) in [5.41, 5.74) is 1.09. The minimum absolute atomic E-state index is 0. The van der Waals surface area contributed by atoms with Crippen LogP contribution in [0.5, 0.6) is 0 Å². The molecule has 2 nitrogen and oxygen atoms in total. The second-order valence-electron chi connectivity index (χ2n) is 3.66. The SMILES string of the molecule is CC.Clc1cccc2[nH]ccc12.F[B-](F)(F)F.F[B-](F)(F)F.F[B-](F)(F)F.N. The van der Waals surface area contributed by atoms with Crippen LogP contribution in [0, 0.1) is 0 Å². The smallest absolute Gasteiger partial charge is 0.418 e. The zero-order valence-electron chi connectivity index (χ0n) is 14.2. The molecule has 1 aromatic carbocycles. The Bertz CT molecular complexity index is 567. The number of nitrogens with one attached hydrogen (secondary N) is 1. The summed E-state index contributed by atoms with van der Waals surface area (Å²) < 4.78 is 117. The maximum absolute atomic E-state index is 9.75. The third-order valence-electron chi connectivity index (χ3n) is 1.54. The highest BCUT2D eigenvalue weighted by Gasteiger charge is 2.21. The van der Waals surface area contributed by atoms with E-state index < -0.39 is 21.8 Å². The van der Waals surface area contributed by atoms with Crippen LogP contribution in [0.4, 0.5) is 51.8 Å². The Hall–Kier alpha value is -1.64. The van der Waals surface area contributed by atoms with Crippen molar-refractivity contribution >= 4 is 44.3 Å². The number of aromatic amines is 1. The van der Waals surface area contributed by atoms with Crippen molar-refractivity contribution in [1.82, 2.24) is 11.1 Å². The molecule has 0 saturated heterocycles. The summed E-state index contributed by atoms with van der Waals surface area (Å²) in [6, 6.07) is 7.79. The molecule has 2 rings (SSSR count). The van der Waals surface area contributed by atoms with Gasteiger partial charge in [-0.05, 0) is 18.2 Å². The lowest BCUT2D eigenvalue weighted by atomic mass is 10.2. The molecule has 0 fully saturated rings. The van der Waals surface area contributed by atoms with Crippen LogP contribution in [0.25, 0.3) is 10.9 Å². The number of halogens is 13. The first-order valence-electron chi connectivity index (χ1n) is 6.71. The van der Waals surface area contributed by atoms with Gasteiger partial charge in [-0.3, -0.25) is 0 Å². The molecule has 0 radical (unpaired) electrons. The van der Waals surface area contributed by atoms with Gasteiger partial charge in [0.15, 0.2) is 0 Å². The third kappa shape index (κ3) is 39.4. The number of aromatic nitrogens is 1. The first kappa shape index (κ1) is 33.9. The van der Waals surface area contributed by atoms with Crippen LogP contribution in [-0.2, 0) is 0 Å². The minimum atomic E-state index is -6.00. The highest BCUT2D eigenvalue weighted by Crippen LogP contribution is 2.21. The molecule has 1 heterocycles. The molecule has 168 valence electrons. The lowest BCUT2D eigenvalue weighted by molar-refractivity contribution is 0.366. The molecule has 0 amide bonds. The molecule has 0 aliphatic rings. The van der Waals surface area contributed by atoms with Gasteiger partial charge in [-0.2, -0.15) is 0 Å². The summed E-state index contributed by atoms with van der Waals surface area (Å²) in [5, 5.41) is 1.89. The molecule has 0 bridgehead atoms. The lowest BCUT2D eigenvalue weighted by Crippen LogP contribution is -2.02. The van der Waals surface area contributed by atoms with Gasteiger partial charge >= 0.3 is 21.8 Å². The normalized spacial score (nSPS) is 10.4. The number of benzene rings is 1. The zero-order chi connectivity index (χ0) is 22.5. The highest BCUT2D eigenvalue weighted by atomic mass is 35.5. The van der Waals surface area contributed by atoms with Crippen molar-refractivity contribution in [3.8, 4) is 0 Å². The van der Waals surface area contributed by atoms with E-state index in [1.807, 2.05) is 44.3 Å². The van der Waals surface area contributed by atoms with E-state index in [1.54, 1.807) is 0 Å². The van der Waals surface area contributed by atoms with E-state index in [9.17, 15) is 51.8 Å². The van der Waals surface area contributed by atoms with Gasteiger partial charge in [-0.15, -0.1) is 0 Å². The van der Waals surface area contributed by atoms with Crippen molar-refractivity contribution in [2.24, 2.45) is 0 Å². The Kier molecular flexibility index (Phi) is 18.5. The summed E-state index contributed by atoms with van der Waals surface area (Å²) in [6.07, 6.45) is 1.89. The number of hydrogen-bond donors (Lipinski definition) is 2. The van der Waals surface area contributed by atoms with E-state index in [0.29, 0.717) is 0 Å². The maximum Gasteiger partial charge on any atom is 0.673 e. The molecular weight excluding hydrogens is 444 g/mol. The number of rotatable bonds is 0. The summed E-state index contributed by atoms with van der Waals surface area (Å²) in [5.74, 6) is 0. The van der Waals surface area contributed by atoms with Gasteiger partial charge in [0.1, 0.15) is 0 Å². The molecule has 1 aromatic heterocycles. The van der Waals surface area contributed by atoms with Gasteiger partial charge < -0.3 is 62.9 Å². The topological polar surface area (TPSA) is 50.8 Å². The molecule has 18 heteroatoms. The van der Waals surface area contributed by atoms with Crippen molar-refractivity contribution in [1.29, 1.82) is 0 Å². The quantitative estimate of drug-likeness (QED) is 0.305. The Balaban J connectivity index is -0.000000141. The average molecular weight is 459 g/mol. The van der Waals surface area contributed by atoms with Crippen LogP contribution in [0.3, 0.4) is 0 Å². The van der Waals surface area contributed by atoms with Gasteiger partial charge in [-0.1, -0.05) is 31.5 Å². The van der Waals surface area contributed by atoms with Crippen LogP contribution >= 0.6 is 11.6 Å². The van der Waals surface area contributed by atoms with Gasteiger partial charge in [0, 0.05) is 22.1 Å². The summed E-state index contributed by atoms with van der Waals surface area (Å²) in [7, 11) is -18.0. The molecule has 28 heavy (non-hydrogen) atoms. The van der Waals surface area contributed by atoms with E-state index in [1.165, 1.54) is 0 Å². The van der Waals surface area contributed by atoms with E-state index in [-0.39, 0.29) is 6.15 Å². The van der Waals surface area contributed by atoms with Crippen LogP contribution in [0.2, 0.25) is 5.02 Å². The lowest BCUT2D eigenvalue weighted by Gasteiger charge is -1.94. The maximum atomic E-state index is 9.75. The van der Waals surface area contributed by atoms with Crippen LogP contribution in [0.15, 0.2) is 30.5 Å². The predicted octanol–water partition coefficient (Wildman–Crippen LogP) is 7.91. The summed E-state index contributed by atoms with van der Waals surface area (Å²) in [4.78, 5) is 3.08. The molecule has 0 aliphatic carbocycles. The number of H-pyrrole nitrogens is 1. The Morgan fingerprint density at radius 1 is 0.679 bits per heavy atom. The van der Waals surface area contributed by atoms with Crippen molar-refractivity contribution in [2.75, 3.05) is 0 Å². The second kappa shape index (κ2) is 15.3. The molecular formula is C10H15B3ClF12N2-3. The molecule has 0 unspecified atom stereocenters.